The minimum absolute atomic E-state index is 0.589. The fraction of sp³-hybridized carbons (Fsp3) is 0.538. The van der Waals surface area contributed by atoms with Gasteiger partial charge in [0.2, 0.25) is 0 Å². The standard InChI is InChI=1S/C13H21N3/c1-10(15(2)3)7-16-8-11-4-5-13(14)6-12(11)9-16/h4-6,10H,7-9,14H2,1-3H3. The Morgan fingerprint density at radius 1 is 1.31 bits per heavy atom. The molecule has 3 nitrogen and oxygen atoms in total. The molecular formula is C13H21N3. The highest BCUT2D eigenvalue weighted by Crippen LogP contribution is 2.24. The van der Waals surface area contributed by atoms with Crippen molar-refractivity contribution in [2.45, 2.75) is 26.1 Å². The van der Waals surface area contributed by atoms with Crippen molar-refractivity contribution in [2.24, 2.45) is 0 Å². The van der Waals surface area contributed by atoms with Crippen LogP contribution in [0, 0.1) is 0 Å². The molecule has 1 unspecified atom stereocenters. The molecular weight excluding hydrogens is 198 g/mol. The minimum atomic E-state index is 0.589. The van der Waals surface area contributed by atoms with Gasteiger partial charge in [-0.25, -0.2) is 0 Å². The first kappa shape index (κ1) is 11.4. The molecule has 0 bridgehead atoms. The molecule has 0 aromatic heterocycles. The summed E-state index contributed by atoms with van der Waals surface area (Å²) in [5, 5.41) is 0. The van der Waals surface area contributed by atoms with Crippen molar-refractivity contribution < 1.29 is 0 Å². The second-order valence-electron chi connectivity index (χ2n) is 5.01. The van der Waals surface area contributed by atoms with Crippen molar-refractivity contribution in [1.29, 1.82) is 0 Å². The monoisotopic (exact) mass is 219 g/mol. The average molecular weight is 219 g/mol. The molecule has 0 amide bonds. The first-order valence-electron chi connectivity index (χ1n) is 5.82. The van der Waals surface area contributed by atoms with Crippen LogP contribution in [0.1, 0.15) is 18.1 Å². The summed E-state index contributed by atoms with van der Waals surface area (Å²) < 4.78 is 0. The summed E-state index contributed by atoms with van der Waals surface area (Å²) in [6.45, 7) is 5.48. The SMILES string of the molecule is CC(CN1Cc2ccc(N)cc2C1)N(C)C. The number of likely N-dealkylation sites (N-methyl/N-ethyl adjacent to an activating group) is 1. The largest absolute Gasteiger partial charge is 0.399 e. The van der Waals surface area contributed by atoms with E-state index in [9.17, 15) is 0 Å². The molecule has 2 N–H and O–H groups in total. The minimum Gasteiger partial charge on any atom is -0.399 e. The van der Waals surface area contributed by atoms with E-state index in [1.807, 2.05) is 6.07 Å². The molecule has 2 rings (SSSR count). The topological polar surface area (TPSA) is 32.5 Å². The van der Waals surface area contributed by atoms with Gasteiger partial charge in [-0.3, -0.25) is 4.90 Å². The van der Waals surface area contributed by atoms with Crippen LogP contribution in [-0.2, 0) is 13.1 Å². The van der Waals surface area contributed by atoms with E-state index >= 15 is 0 Å². The molecule has 1 heterocycles. The zero-order valence-corrected chi connectivity index (χ0v) is 10.4. The highest BCUT2D eigenvalue weighted by Gasteiger charge is 2.20. The number of hydrogen-bond acceptors (Lipinski definition) is 3. The Morgan fingerprint density at radius 2 is 2.00 bits per heavy atom. The molecule has 0 spiro atoms. The van der Waals surface area contributed by atoms with E-state index in [1.165, 1.54) is 11.1 Å². The maximum Gasteiger partial charge on any atom is 0.0317 e. The molecule has 1 aromatic rings. The number of hydrogen-bond donors (Lipinski definition) is 1. The highest BCUT2D eigenvalue weighted by molar-refractivity contribution is 5.46. The Hall–Kier alpha value is -1.06. The summed E-state index contributed by atoms with van der Waals surface area (Å²) in [5.74, 6) is 0. The van der Waals surface area contributed by atoms with Crippen molar-refractivity contribution in [2.75, 3.05) is 26.4 Å². The summed E-state index contributed by atoms with van der Waals surface area (Å²) in [7, 11) is 4.26. The van der Waals surface area contributed by atoms with Crippen LogP contribution in [0.3, 0.4) is 0 Å². The van der Waals surface area contributed by atoms with E-state index in [2.05, 4.69) is 43.0 Å². The molecule has 0 saturated carbocycles. The lowest BCUT2D eigenvalue weighted by Crippen LogP contribution is -2.36. The van der Waals surface area contributed by atoms with Crippen LogP contribution in [0.25, 0.3) is 0 Å². The van der Waals surface area contributed by atoms with Crippen LogP contribution in [0.4, 0.5) is 5.69 Å². The van der Waals surface area contributed by atoms with Gasteiger partial charge in [0.1, 0.15) is 0 Å². The second kappa shape index (κ2) is 4.44. The predicted molar refractivity (Wildman–Crippen MR) is 68.1 cm³/mol. The van der Waals surface area contributed by atoms with Crippen LogP contribution in [0.5, 0.6) is 0 Å². The second-order valence-corrected chi connectivity index (χ2v) is 5.01. The van der Waals surface area contributed by atoms with E-state index in [-0.39, 0.29) is 0 Å². The fourth-order valence-electron chi connectivity index (χ4n) is 2.15. The summed E-state index contributed by atoms with van der Waals surface area (Å²) in [5.41, 5.74) is 9.50. The normalized spacial score (nSPS) is 17.8. The first-order valence-corrected chi connectivity index (χ1v) is 5.82. The number of nitrogen functional groups attached to an aromatic ring is 1. The molecule has 0 radical (unpaired) electrons. The summed E-state index contributed by atoms with van der Waals surface area (Å²) in [6.07, 6.45) is 0. The number of nitrogens with zero attached hydrogens (tertiary/aromatic N) is 2. The summed E-state index contributed by atoms with van der Waals surface area (Å²) in [6, 6.07) is 6.85. The summed E-state index contributed by atoms with van der Waals surface area (Å²) >= 11 is 0. The lowest BCUT2D eigenvalue weighted by atomic mass is 10.1. The van der Waals surface area contributed by atoms with Crippen LogP contribution in [0.2, 0.25) is 0 Å². The lowest BCUT2D eigenvalue weighted by Gasteiger charge is -2.25. The molecule has 88 valence electrons. The van der Waals surface area contributed by atoms with Crippen LogP contribution in [-0.4, -0.2) is 36.5 Å². The first-order chi connectivity index (χ1) is 7.56. The van der Waals surface area contributed by atoms with Gasteiger partial charge < -0.3 is 10.6 Å². The third-order valence-electron chi connectivity index (χ3n) is 3.42. The Bertz CT molecular complexity index is 373. The number of nitrogens with two attached hydrogens (primary N) is 1. The van der Waals surface area contributed by atoms with Gasteiger partial charge in [0, 0.05) is 31.4 Å². The van der Waals surface area contributed by atoms with Crippen molar-refractivity contribution >= 4 is 5.69 Å². The van der Waals surface area contributed by atoms with Crippen molar-refractivity contribution in [1.82, 2.24) is 9.80 Å². The van der Waals surface area contributed by atoms with Gasteiger partial charge in [-0.05, 0) is 44.3 Å². The molecule has 16 heavy (non-hydrogen) atoms. The third-order valence-corrected chi connectivity index (χ3v) is 3.42. The number of rotatable bonds is 3. The molecule has 0 saturated heterocycles. The van der Waals surface area contributed by atoms with E-state index in [0.717, 1.165) is 25.3 Å². The quantitative estimate of drug-likeness (QED) is 0.783. The van der Waals surface area contributed by atoms with Crippen LogP contribution >= 0.6 is 0 Å². The lowest BCUT2D eigenvalue weighted by molar-refractivity contribution is 0.194. The molecule has 3 heteroatoms. The fourth-order valence-corrected chi connectivity index (χ4v) is 2.15. The maximum atomic E-state index is 5.80. The molecule has 1 atom stereocenters. The highest BCUT2D eigenvalue weighted by atomic mass is 15.2. The van der Waals surface area contributed by atoms with E-state index < -0.39 is 0 Å². The summed E-state index contributed by atoms with van der Waals surface area (Å²) in [4.78, 5) is 4.74. The molecule has 0 fully saturated rings. The van der Waals surface area contributed by atoms with Gasteiger partial charge in [-0.15, -0.1) is 0 Å². The third kappa shape index (κ3) is 2.36. The van der Waals surface area contributed by atoms with Crippen molar-refractivity contribution in [3.8, 4) is 0 Å². The van der Waals surface area contributed by atoms with Gasteiger partial charge in [-0.2, -0.15) is 0 Å². The van der Waals surface area contributed by atoms with Crippen LogP contribution in [0.15, 0.2) is 18.2 Å². The zero-order valence-electron chi connectivity index (χ0n) is 10.4. The zero-order chi connectivity index (χ0) is 11.7. The molecule has 0 aliphatic carbocycles. The molecule has 1 aliphatic rings. The van der Waals surface area contributed by atoms with Crippen molar-refractivity contribution in [3.63, 3.8) is 0 Å². The van der Waals surface area contributed by atoms with Gasteiger partial charge in [-0.1, -0.05) is 6.07 Å². The van der Waals surface area contributed by atoms with Crippen LogP contribution < -0.4 is 5.73 Å². The Labute approximate surface area is 97.8 Å². The maximum absolute atomic E-state index is 5.80. The van der Waals surface area contributed by atoms with E-state index in [1.54, 1.807) is 0 Å². The predicted octanol–water partition coefficient (Wildman–Crippen LogP) is 1.53. The Kier molecular flexibility index (Phi) is 3.17. The molecule has 1 aromatic carbocycles. The van der Waals surface area contributed by atoms with Gasteiger partial charge in [0.25, 0.3) is 0 Å². The van der Waals surface area contributed by atoms with Gasteiger partial charge in [0.15, 0.2) is 0 Å². The average Bonchev–Trinajstić information content (AvgIpc) is 2.58. The number of anilines is 1. The van der Waals surface area contributed by atoms with Gasteiger partial charge >= 0.3 is 0 Å². The van der Waals surface area contributed by atoms with E-state index in [0.29, 0.717) is 6.04 Å². The Balaban J connectivity index is 2.00. The number of benzene rings is 1. The Morgan fingerprint density at radius 3 is 2.69 bits per heavy atom. The smallest absolute Gasteiger partial charge is 0.0317 e. The van der Waals surface area contributed by atoms with E-state index in [4.69, 9.17) is 5.73 Å². The van der Waals surface area contributed by atoms with Gasteiger partial charge in [0.05, 0.1) is 0 Å². The molecule has 1 aliphatic heterocycles. The van der Waals surface area contributed by atoms with Crippen molar-refractivity contribution in [3.05, 3.63) is 29.3 Å². The number of fused-ring (bicyclic) bond motifs is 1.